The smallest absolute Gasteiger partial charge is 0.417 e. The number of cyclic esters (lactones) is 1. The Morgan fingerprint density at radius 2 is 1.88 bits per heavy atom. The fourth-order valence-corrected chi connectivity index (χ4v) is 4.88. The molecule has 1 saturated heterocycles. The van der Waals surface area contributed by atoms with Gasteiger partial charge >= 0.3 is 17.7 Å². The molecule has 0 radical (unpaired) electrons. The number of aryl methyl sites for hydroxylation is 1. The first-order chi connectivity index (χ1) is 15.8. The van der Waals surface area contributed by atoms with Crippen molar-refractivity contribution in [3.8, 4) is 0 Å². The zero-order chi connectivity index (χ0) is 24.0. The third kappa shape index (κ3) is 5.73. The number of carbonyl (C=O) groups is 2. The molecule has 2 amide bonds. The van der Waals surface area contributed by atoms with Crippen LogP contribution in [0.3, 0.4) is 0 Å². The lowest BCUT2D eigenvalue weighted by molar-refractivity contribution is -0.127. The van der Waals surface area contributed by atoms with Gasteiger partial charge in [-0.1, -0.05) is 61.4 Å². The number of benzene rings is 2. The number of ether oxygens (including phenoxy) is 1. The standard InChI is InChI=1S/C23H26N4O5S/c1-3-7-20(26-33(30,31)19-12-10-16(2)11-13-19)21(25-24)22(28)27-18(15-32-23(27)29)14-17-8-5-4-6-9-17/h4-6,8-13,18,20,26H,3,7,14-15H2,1-2H3/t18-,20+/m0/s1. The van der Waals surface area contributed by atoms with Crippen molar-refractivity contribution in [3.63, 3.8) is 0 Å². The monoisotopic (exact) mass is 470 g/mol. The van der Waals surface area contributed by atoms with Crippen molar-refractivity contribution >= 4 is 27.7 Å². The second-order valence-electron chi connectivity index (χ2n) is 7.86. The van der Waals surface area contributed by atoms with E-state index in [1.54, 1.807) is 19.1 Å². The van der Waals surface area contributed by atoms with Crippen molar-refractivity contribution in [1.82, 2.24) is 9.62 Å². The van der Waals surface area contributed by atoms with Gasteiger partial charge in [0.25, 0.3) is 0 Å². The quantitative estimate of drug-likeness (QED) is 0.342. The summed E-state index contributed by atoms with van der Waals surface area (Å²) >= 11 is 0. The van der Waals surface area contributed by atoms with Crippen LogP contribution in [0.15, 0.2) is 59.5 Å². The largest absolute Gasteiger partial charge is 0.447 e. The van der Waals surface area contributed by atoms with Crippen molar-refractivity contribution in [1.29, 1.82) is 0 Å². The first-order valence-electron chi connectivity index (χ1n) is 10.6. The lowest BCUT2D eigenvalue weighted by Gasteiger charge is -2.20. The maximum absolute atomic E-state index is 13.3. The Balaban J connectivity index is 1.85. The van der Waals surface area contributed by atoms with Crippen LogP contribution in [0.25, 0.3) is 5.53 Å². The van der Waals surface area contributed by atoms with Crippen molar-refractivity contribution < 1.29 is 27.5 Å². The van der Waals surface area contributed by atoms with Crippen LogP contribution >= 0.6 is 0 Å². The Hall–Kier alpha value is -3.33. The first-order valence-corrected chi connectivity index (χ1v) is 12.1. The van der Waals surface area contributed by atoms with Gasteiger partial charge in [-0.25, -0.2) is 18.1 Å². The second kappa shape index (κ2) is 10.5. The average molecular weight is 471 g/mol. The number of hydrogen-bond donors (Lipinski definition) is 1. The number of nitrogens with zero attached hydrogens (tertiary/aromatic N) is 3. The summed E-state index contributed by atoms with van der Waals surface area (Å²) in [6.45, 7) is 3.63. The lowest BCUT2D eigenvalue weighted by Crippen LogP contribution is -2.52. The van der Waals surface area contributed by atoms with Crippen molar-refractivity contribution in [3.05, 3.63) is 71.3 Å². The summed E-state index contributed by atoms with van der Waals surface area (Å²) in [5.41, 5.74) is 11.0. The normalized spacial score (nSPS) is 16.7. The van der Waals surface area contributed by atoms with Gasteiger partial charge in [0.05, 0.1) is 10.9 Å². The summed E-state index contributed by atoms with van der Waals surface area (Å²) in [5, 5.41) is 0. The molecule has 2 aromatic rings. The Morgan fingerprint density at radius 1 is 1.21 bits per heavy atom. The lowest BCUT2D eigenvalue weighted by atomic mass is 10.0. The van der Waals surface area contributed by atoms with Crippen LogP contribution in [0.5, 0.6) is 0 Å². The Kier molecular flexibility index (Phi) is 7.75. The molecule has 9 nitrogen and oxygen atoms in total. The van der Waals surface area contributed by atoms with Crippen molar-refractivity contribution in [2.45, 2.75) is 50.1 Å². The predicted octanol–water partition coefficient (Wildman–Crippen LogP) is 2.70. The molecule has 1 heterocycles. The summed E-state index contributed by atoms with van der Waals surface area (Å²) in [5.74, 6) is -0.897. The van der Waals surface area contributed by atoms with Crippen LogP contribution < -0.4 is 4.72 Å². The highest BCUT2D eigenvalue weighted by Crippen LogP contribution is 2.19. The molecule has 0 unspecified atom stereocenters. The molecule has 174 valence electrons. The van der Waals surface area contributed by atoms with Gasteiger partial charge in [0.2, 0.25) is 10.0 Å². The maximum atomic E-state index is 13.3. The van der Waals surface area contributed by atoms with E-state index in [4.69, 9.17) is 4.74 Å². The van der Waals surface area contributed by atoms with Crippen LogP contribution in [0.2, 0.25) is 0 Å². The zero-order valence-electron chi connectivity index (χ0n) is 18.5. The average Bonchev–Trinajstić information content (AvgIpc) is 3.15. The molecule has 3 rings (SSSR count). The minimum Gasteiger partial charge on any atom is -0.447 e. The number of carbonyl (C=O) groups excluding carboxylic acids is 2. The van der Waals surface area contributed by atoms with E-state index in [2.05, 4.69) is 9.51 Å². The van der Waals surface area contributed by atoms with Gasteiger partial charge in [-0.05, 0) is 37.5 Å². The maximum Gasteiger partial charge on any atom is 0.417 e. The molecule has 1 N–H and O–H groups in total. The molecule has 10 heteroatoms. The molecule has 1 aliphatic rings. The molecule has 1 aliphatic heterocycles. The molecule has 0 aromatic heterocycles. The molecule has 0 saturated carbocycles. The van der Waals surface area contributed by atoms with E-state index in [0.717, 1.165) is 16.0 Å². The number of nitrogens with one attached hydrogen (secondary N) is 1. The topological polar surface area (TPSA) is 129 Å². The number of rotatable bonds is 9. The number of sulfonamides is 1. The van der Waals surface area contributed by atoms with Gasteiger partial charge in [0.1, 0.15) is 12.6 Å². The molecule has 2 atom stereocenters. The van der Waals surface area contributed by atoms with Crippen LogP contribution in [0.1, 0.15) is 30.9 Å². The predicted molar refractivity (Wildman–Crippen MR) is 121 cm³/mol. The van der Waals surface area contributed by atoms with Gasteiger partial charge in [-0.15, -0.1) is 0 Å². The molecular formula is C23H26N4O5S. The first kappa shape index (κ1) is 24.3. The Bertz CT molecular complexity index is 1160. The van der Waals surface area contributed by atoms with E-state index in [9.17, 15) is 23.5 Å². The Labute approximate surface area is 193 Å². The van der Waals surface area contributed by atoms with Crippen LogP contribution in [-0.2, 0) is 26.0 Å². The molecule has 0 spiro atoms. The number of amides is 2. The zero-order valence-corrected chi connectivity index (χ0v) is 19.3. The highest BCUT2D eigenvalue weighted by atomic mass is 32.2. The van der Waals surface area contributed by atoms with E-state index in [0.29, 0.717) is 12.8 Å². The molecule has 2 aromatic carbocycles. The third-order valence-electron chi connectivity index (χ3n) is 5.36. The SMILES string of the molecule is CCC[C@@H](NS(=O)(=O)c1ccc(C)cc1)C(=[N+]=[N-])C(=O)N1C(=O)OC[C@@H]1Cc1ccccc1. The Morgan fingerprint density at radius 3 is 2.48 bits per heavy atom. The van der Waals surface area contributed by atoms with E-state index >= 15 is 0 Å². The summed E-state index contributed by atoms with van der Waals surface area (Å²) in [7, 11) is -4.02. The fourth-order valence-electron chi connectivity index (χ4n) is 3.64. The van der Waals surface area contributed by atoms with E-state index in [1.165, 1.54) is 12.1 Å². The highest BCUT2D eigenvalue weighted by Gasteiger charge is 2.46. The van der Waals surface area contributed by atoms with Crippen molar-refractivity contribution in [2.75, 3.05) is 6.61 Å². The summed E-state index contributed by atoms with van der Waals surface area (Å²) in [6.07, 6.45) is 0.164. The summed E-state index contributed by atoms with van der Waals surface area (Å²) < 4.78 is 33.3. The molecule has 0 bridgehead atoms. The van der Waals surface area contributed by atoms with Gasteiger partial charge in [0, 0.05) is 0 Å². The summed E-state index contributed by atoms with van der Waals surface area (Å²) in [4.78, 5) is 29.7. The minimum atomic E-state index is -4.02. The number of hydrogen-bond acceptors (Lipinski definition) is 5. The molecule has 0 aliphatic carbocycles. The van der Waals surface area contributed by atoms with E-state index in [1.807, 2.05) is 37.3 Å². The van der Waals surface area contributed by atoms with Gasteiger partial charge in [-0.2, -0.15) is 9.51 Å². The minimum absolute atomic E-state index is 0.00822. The van der Waals surface area contributed by atoms with Gasteiger partial charge < -0.3 is 10.3 Å². The van der Waals surface area contributed by atoms with Crippen molar-refractivity contribution in [2.24, 2.45) is 0 Å². The highest BCUT2D eigenvalue weighted by molar-refractivity contribution is 7.89. The van der Waals surface area contributed by atoms with Crippen LogP contribution in [0.4, 0.5) is 4.79 Å². The van der Waals surface area contributed by atoms with Crippen LogP contribution in [0, 0.1) is 6.92 Å². The van der Waals surface area contributed by atoms with Gasteiger partial charge in [-0.3, -0.25) is 4.79 Å². The second-order valence-corrected chi connectivity index (χ2v) is 9.57. The van der Waals surface area contributed by atoms with E-state index < -0.39 is 39.8 Å². The summed E-state index contributed by atoms with van der Waals surface area (Å²) in [6, 6.07) is 13.7. The number of imide groups is 1. The molecular weight excluding hydrogens is 444 g/mol. The van der Waals surface area contributed by atoms with E-state index in [-0.39, 0.29) is 17.9 Å². The third-order valence-corrected chi connectivity index (χ3v) is 6.84. The molecule has 33 heavy (non-hydrogen) atoms. The van der Waals surface area contributed by atoms with Gasteiger partial charge in [0.15, 0.2) is 0 Å². The molecule has 1 fully saturated rings. The fraction of sp³-hybridized carbons (Fsp3) is 0.348. The van der Waals surface area contributed by atoms with Crippen LogP contribution in [-0.4, -0.2) is 54.5 Å².